The Morgan fingerprint density at radius 2 is 0.862 bits per heavy atom. The van der Waals surface area contributed by atoms with Gasteiger partial charge in [0.15, 0.2) is 41.7 Å². The second kappa shape index (κ2) is 53.0. The molecule has 0 bridgehead atoms. The zero-order valence-corrected chi connectivity index (χ0v) is 81.8. The van der Waals surface area contributed by atoms with Gasteiger partial charge in [-0.05, 0) is 214 Å². The number of likely N-dealkylation sites (tertiary alicyclic amines) is 2. The predicted octanol–water partition coefficient (Wildman–Crippen LogP) is 17.4. The molecule has 2 aromatic heterocycles. The number of amides is 4. The number of thiazole rings is 2. The molecule has 0 radical (unpaired) electrons. The maximum atomic E-state index is 14.8. The lowest BCUT2D eigenvalue weighted by molar-refractivity contribution is -0.161. The highest BCUT2D eigenvalue weighted by atomic mass is 32.1. The van der Waals surface area contributed by atoms with Crippen LogP contribution in [0.2, 0.25) is 38.3 Å². The molecule has 2 saturated heterocycles. The summed E-state index contributed by atoms with van der Waals surface area (Å²) in [6.45, 7) is 36.8. The third kappa shape index (κ3) is 36.8. The van der Waals surface area contributed by atoms with Gasteiger partial charge < -0.3 is 49.7 Å². The van der Waals surface area contributed by atoms with Crippen LogP contribution in [0.4, 0.5) is 0 Å². The number of phenols is 2. The number of piperidine rings is 2. The van der Waals surface area contributed by atoms with E-state index >= 15 is 0 Å². The smallest absolute Gasteiger partial charge is 0.307 e. The molecule has 14 atom stereocenters. The van der Waals surface area contributed by atoms with E-state index in [0.717, 1.165) is 104 Å². The van der Waals surface area contributed by atoms with Crippen molar-refractivity contribution in [1.29, 1.82) is 0 Å². The number of hydrogen-bond donors (Lipinski definition) is 6. The number of aromatic hydroxyl groups is 2. The molecule has 24 nitrogen and oxygen atoms in total. The van der Waals surface area contributed by atoms with Crippen molar-refractivity contribution in [2.45, 2.75) is 344 Å². The van der Waals surface area contributed by atoms with E-state index < -0.39 is 28.5 Å². The number of nitrogens with zero attached hydrogens (tertiary/aromatic N) is 6. The molecule has 6 rings (SSSR count). The van der Waals surface area contributed by atoms with Gasteiger partial charge in [-0.15, -0.1) is 22.7 Å². The highest BCUT2D eigenvalue weighted by Gasteiger charge is 2.42. The molecular weight excluding hydrogens is 1630 g/mol. The molecule has 4 heterocycles. The Hall–Kier alpha value is -6.93. The molecule has 123 heavy (non-hydrogen) atoms. The summed E-state index contributed by atoms with van der Waals surface area (Å²) in [6, 6.07) is 13.2. The SMILES string of the molecule is CCCC(=O)OCN(C(=O)[C@@H](CC(=O)[C@H]1CCCCN1C)C(C)CC)[C@H](C[C@@H](C)c1nc(C(=O)N[C@@H](Cc2ccc(O)cc2)C[C@H](C)C(=O)CCCC[Si](C)(C)O)cs1)C(C)C.CCCC(=O)OCN(C(=O)[C@@H](CC(=O)[C@H]1CCCCN1C)C(C)CC)[C@H](C[C@@H](C)c1nc(C(=O)N[C@@H](Cc2ccc(O)cc2)C[C@H](C)C(=O)CCC[Si](C)(C)O)cs1)C(C)C. The molecule has 2 aromatic carbocycles. The van der Waals surface area contributed by atoms with Crippen LogP contribution in [0.15, 0.2) is 59.3 Å². The summed E-state index contributed by atoms with van der Waals surface area (Å²) < 4.78 is 11.5. The number of unbranched alkanes of at least 4 members (excludes halogenated alkanes) is 1. The number of phenolic OH excluding ortho intramolecular Hbond substituents is 2. The second-order valence-electron chi connectivity index (χ2n) is 37.7. The van der Waals surface area contributed by atoms with Gasteiger partial charge in [0.2, 0.25) is 11.8 Å². The number of ether oxygens (including phenoxy) is 2. The van der Waals surface area contributed by atoms with E-state index in [1.54, 1.807) is 57.0 Å². The number of likely N-dealkylation sites (N-methyl/N-ethyl adjacent to an activating group) is 2. The Morgan fingerprint density at radius 3 is 1.20 bits per heavy atom. The summed E-state index contributed by atoms with van der Waals surface area (Å²) in [7, 11) is -0.458. The van der Waals surface area contributed by atoms with Crippen molar-refractivity contribution < 1.29 is 77.2 Å². The fourth-order valence-corrected chi connectivity index (χ4v) is 20.7. The summed E-state index contributed by atoms with van der Waals surface area (Å²) in [5.74, 6) is -3.37. The standard InChI is InChI=1S/C48H78N4O8SSi.C47H76N4O8SSi/c1-11-17-45(56)60-31-52(48(58)39(33(5)12-2)29-44(55)41-18-13-15-24-51(41)8)42(32(3)4)27-35(7)47-50-40(30-61-47)46(57)49-37(28-36-20-22-38(53)23-21-36)26-34(6)43(54)19-14-16-25-62(9,10)59;1-11-16-44(55)59-30-51(47(57)38(32(5)12-2)28-43(54)40-17-13-14-23-50(40)8)41(31(3)4)26-34(7)46-49-39(29-60-46)45(56)48-36(27-35-19-21-37(52)22-20-35)25-33(6)42(53)18-15-24-61(9,10)58/h20-23,30,32-35,37,39,41-42,53,59H,11-19,24-29,31H2,1-10H3,(H,49,57);19-22,29,31-34,36,38,40-41,52,58H,11-18,23-28,30H2,1-10H3,(H,48,56)/t33?,34-,35+,37+,39-,41+,42+;32?,33-,34+,36+,38-,40+,41+/m00/s1. The van der Waals surface area contributed by atoms with E-state index in [1.165, 1.54) is 22.7 Å². The van der Waals surface area contributed by atoms with Crippen LogP contribution in [0.25, 0.3) is 0 Å². The normalized spacial score (nSPS) is 17.8. The maximum Gasteiger partial charge on any atom is 0.307 e. The van der Waals surface area contributed by atoms with Gasteiger partial charge >= 0.3 is 11.9 Å². The van der Waals surface area contributed by atoms with Gasteiger partial charge in [-0.1, -0.05) is 153 Å². The first kappa shape index (κ1) is 107. The van der Waals surface area contributed by atoms with E-state index in [2.05, 4.69) is 20.4 Å². The molecule has 2 fully saturated rings. The average molecular weight is 1780 g/mol. The number of rotatable bonds is 53. The summed E-state index contributed by atoms with van der Waals surface area (Å²) in [5.41, 5.74) is 2.36. The second-order valence-corrected chi connectivity index (χ2v) is 47.8. The lowest BCUT2D eigenvalue weighted by Gasteiger charge is -2.39. The zero-order valence-electron chi connectivity index (χ0n) is 78.1. The molecule has 4 aromatic rings. The lowest BCUT2D eigenvalue weighted by atomic mass is 9.82. The van der Waals surface area contributed by atoms with Crippen LogP contribution in [-0.4, -0.2) is 202 Å². The topological polar surface area (TPSA) is 333 Å². The van der Waals surface area contributed by atoms with E-state index in [1.807, 2.05) is 149 Å². The van der Waals surface area contributed by atoms with Gasteiger partial charge in [0.1, 0.15) is 34.5 Å². The van der Waals surface area contributed by atoms with Crippen LogP contribution in [-0.2, 0) is 60.7 Å². The van der Waals surface area contributed by atoms with E-state index in [9.17, 15) is 67.7 Å². The van der Waals surface area contributed by atoms with Gasteiger partial charge in [-0.2, -0.15) is 0 Å². The molecule has 2 aliphatic rings. The Morgan fingerprint density at radius 1 is 0.504 bits per heavy atom. The van der Waals surface area contributed by atoms with Crippen molar-refractivity contribution in [2.75, 3.05) is 40.6 Å². The summed E-state index contributed by atoms with van der Waals surface area (Å²) >= 11 is 2.76. The highest BCUT2D eigenvalue weighted by Crippen LogP contribution is 2.37. The highest BCUT2D eigenvalue weighted by molar-refractivity contribution is 7.10. The molecule has 690 valence electrons. The van der Waals surface area contributed by atoms with E-state index in [4.69, 9.17) is 19.4 Å². The molecule has 0 aliphatic carbocycles. The quantitative estimate of drug-likeness (QED) is 0.0103. The first-order chi connectivity index (χ1) is 58.0. The molecule has 4 amide bonds. The van der Waals surface area contributed by atoms with Crippen LogP contribution in [0.1, 0.15) is 299 Å². The minimum Gasteiger partial charge on any atom is -0.508 e. The molecular formula is C95H154N8O16S2Si2. The Bertz CT molecular complexity index is 3940. The van der Waals surface area contributed by atoms with Crippen molar-refractivity contribution in [1.82, 2.24) is 40.2 Å². The zero-order chi connectivity index (χ0) is 91.6. The molecule has 0 saturated carbocycles. The minimum atomic E-state index is -2.26. The van der Waals surface area contributed by atoms with Gasteiger partial charge in [-0.25, -0.2) is 9.97 Å². The number of aromatic nitrogens is 2. The van der Waals surface area contributed by atoms with Crippen molar-refractivity contribution >= 4 is 98.0 Å². The molecule has 2 aliphatic heterocycles. The Labute approximate surface area is 746 Å². The van der Waals surface area contributed by atoms with Crippen LogP contribution in [0, 0.1) is 47.3 Å². The first-order valence-corrected chi connectivity index (χ1v) is 54.0. The largest absolute Gasteiger partial charge is 0.508 e. The molecule has 0 spiro atoms. The van der Waals surface area contributed by atoms with E-state index in [-0.39, 0.29) is 204 Å². The number of Topliss-reactive ketones (excluding diaryl/α,β-unsaturated/α-hetero) is 4. The maximum absolute atomic E-state index is 14.8. The number of esters is 2. The van der Waals surface area contributed by atoms with Crippen molar-refractivity contribution in [3.8, 4) is 11.5 Å². The van der Waals surface area contributed by atoms with Crippen molar-refractivity contribution in [3.63, 3.8) is 0 Å². The molecule has 28 heteroatoms. The number of benzene rings is 2. The van der Waals surface area contributed by atoms with Crippen LogP contribution in [0.5, 0.6) is 11.5 Å². The summed E-state index contributed by atoms with van der Waals surface area (Å²) in [6.07, 6.45) is 14.8. The summed E-state index contributed by atoms with van der Waals surface area (Å²) in [5, 5.41) is 31.0. The summed E-state index contributed by atoms with van der Waals surface area (Å²) in [4.78, 5) is 174. The fraction of sp³-hybridized carbons (Fsp3) is 0.705. The third-order valence-electron chi connectivity index (χ3n) is 25.1. The number of ketones is 4. The number of nitrogens with one attached hydrogen (secondary N) is 2. The van der Waals surface area contributed by atoms with Gasteiger partial charge in [-0.3, -0.25) is 57.7 Å². The van der Waals surface area contributed by atoms with Crippen LogP contribution < -0.4 is 10.6 Å². The lowest BCUT2D eigenvalue weighted by Crippen LogP contribution is -2.50. The van der Waals surface area contributed by atoms with Gasteiger partial charge in [0.05, 0.1) is 22.1 Å². The van der Waals surface area contributed by atoms with Crippen LogP contribution >= 0.6 is 22.7 Å². The van der Waals surface area contributed by atoms with Gasteiger partial charge in [0.25, 0.3) is 11.8 Å². The van der Waals surface area contributed by atoms with Gasteiger partial charge in [0, 0.05) is 109 Å². The Kier molecular flexibility index (Phi) is 45.9. The monoisotopic (exact) mass is 1780 g/mol. The van der Waals surface area contributed by atoms with Crippen molar-refractivity contribution in [3.05, 3.63) is 91.8 Å². The minimum absolute atomic E-state index is 0.0273. The third-order valence-corrected chi connectivity index (χ3v) is 30.4. The number of carbonyl (C=O) groups is 10. The van der Waals surface area contributed by atoms with Crippen LogP contribution in [0.3, 0.4) is 0 Å². The number of hydrogen-bond acceptors (Lipinski definition) is 22. The molecule has 2 unspecified atom stereocenters. The van der Waals surface area contributed by atoms with Crippen molar-refractivity contribution in [2.24, 2.45) is 47.3 Å². The fourth-order valence-electron chi connectivity index (χ4n) is 16.8. The Balaban J connectivity index is 0.000000437. The average Bonchev–Trinajstić information content (AvgIpc) is 1.66. The number of carbonyl (C=O) groups excluding carboxylic acids is 10. The van der Waals surface area contributed by atoms with E-state index in [0.29, 0.717) is 76.7 Å². The molecule has 6 N–H and O–H groups in total. The first-order valence-electron chi connectivity index (χ1n) is 45.9. The predicted molar refractivity (Wildman–Crippen MR) is 494 cm³/mol.